The molecule has 0 aromatic carbocycles. The van der Waals surface area contributed by atoms with Gasteiger partial charge in [-0.25, -0.2) is 0 Å². The van der Waals surface area contributed by atoms with Crippen LogP contribution < -0.4 is 5.32 Å². The molecule has 2 fully saturated rings. The van der Waals surface area contributed by atoms with Gasteiger partial charge in [-0.2, -0.15) is 0 Å². The highest BCUT2D eigenvalue weighted by atomic mass is 16.2. The average Bonchev–Trinajstić information content (AvgIpc) is 2.36. The van der Waals surface area contributed by atoms with Crippen molar-refractivity contribution >= 4 is 11.8 Å². The van der Waals surface area contributed by atoms with Gasteiger partial charge in [0.2, 0.25) is 11.8 Å². The Hall–Kier alpha value is -1.10. The lowest BCUT2D eigenvalue weighted by Crippen LogP contribution is -2.66. The van der Waals surface area contributed by atoms with E-state index in [2.05, 4.69) is 24.2 Å². The first kappa shape index (κ1) is 14.3. The van der Waals surface area contributed by atoms with E-state index in [4.69, 9.17) is 0 Å². The molecule has 0 radical (unpaired) electrons. The highest BCUT2D eigenvalue weighted by Gasteiger charge is 2.43. The fraction of sp³-hybridized carbons (Fsp3) is 0.857. The van der Waals surface area contributed by atoms with Gasteiger partial charge in [0.05, 0.1) is 0 Å². The van der Waals surface area contributed by atoms with Gasteiger partial charge in [0, 0.05) is 12.6 Å². The monoisotopic (exact) mass is 267 g/mol. The molecule has 2 rings (SSSR count). The lowest BCUT2D eigenvalue weighted by Gasteiger charge is -2.47. The number of hydrogen-bond acceptors (Lipinski definition) is 3. The number of rotatable bonds is 2. The van der Waals surface area contributed by atoms with E-state index in [1.54, 1.807) is 0 Å². The van der Waals surface area contributed by atoms with Crippen molar-refractivity contribution in [2.45, 2.75) is 51.7 Å². The Labute approximate surface area is 115 Å². The zero-order valence-corrected chi connectivity index (χ0v) is 12.3. The normalized spacial score (nSPS) is 37.4. The Morgan fingerprint density at radius 1 is 1.32 bits per heavy atom. The number of piperazine rings is 1. The second-order valence-corrected chi connectivity index (χ2v) is 5.99. The average molecular weight is 267 g/mol. The zero-order chi connectivity index (χ0) is 14.2. The summed E-state index contributed by atoms with van der Waals surface area (Å²) in [7, 11) is 2.11. The molecule has 0 aliphatic carbocycles. The van der Waals surface area contributed by atoms with Crippen LogP contribution in [0.15, 0.2) is 0 Å². The Balaban J connectivity index is 2.20. The van der Waals surface area contributed by atoms with Crippen molar-refractivity contribution in [2.75, 3.05) is 20.1 Å². The molecule has 0 aromatic heterocycles. The first-order valence-corrected chi connectivity index (χ1v) is 7.26. The molecular weight excluding hydrogens is 242 g/mol. The van der Waals surface area contributed by atoms with E-state index in [1.807, 2.05) is 18.7 Å². The number of amides is 2. The van der Waals surface area contributed by atoms with Crippen LogP contribution in [-0.4, -0.2) is 59.9 Å². The van der Waals surface area contributed by atoms with Crippen LogP contribution >= 0.6 is 0 Å². The third-order valence-corrected chi connectivity index (χ3v) is 4.49. The number of nitrogens with zero attached hydrogens (tertiary/aromatic N) is 2. The maximum atomic E-state index is 12.5. The molecule has 5 nitrogen and oxygen atoms in total. The van der Waals surface area contributed by atoms with Crippen LogP contribution in [0.1, 0.15) is 33.6 Å². The van der Waals surface area contributed by atoms with E-state index in [1.165, 1.54) is 0 Å². The van der Waals surface area contributed by atoms with Gasteiger partial charge in [-0.1, -0.05) is 13.8 Å². The molecule has 1 N–H and O–H groups in total. The minimum absolute atomic E-state index is 0.0161. The molecule has 2 saturated heterocycles. The predicted octanol–water partition coefficient (Wildman–Crippen LogP) is 0.452. The van der Waals surface area contributed by atoms with E-state index in [0.29, 0.717) is 12.3 Å². The fourth-order valence-corrected chi connectivity index (χ4v) is 3.33. The summed E-state index contributed by atoms with van der Waals surface area (Å²) in [6, 6.07) is -0.486. The topological polar surface area (TPSA) is 52.7 Å². The maximum Gasteiger partial charge on any atom is 0.246 e. The standard InChI is InChI=1S/C14H25N3O2/c1-5-11-14(19)17(10(3)13(18)15-11)12-6-7-16(4)8-9(12)2/h9-12H,5-8H2,1-4H3,(H,15,18). The van der Waals surface area contributed by atoms with E-state index in [0.717, 1.165) is 19.5 Å². The number of carbonyl (C=O) groups is 2. The summed E-state index contributed by atoms with van der Waals surface area (Å²) in [5, 5.41) is 2.82. The van der Waals surface area contributed by atoms with Crippen molar-refractivity contribution in [3.05, 3.63) is 0 Å². The summed E-state index contributed by atoms with van der Waals surface area (Å²) in [6.07, 6.45) is 1.62. The van der Waals surface area contributed by atoms with Crippen molar-refractivity contribution in [1.29, 1.82) is 0 Å². The molecule has 2 aliphatic heterocycles. The first-order valence-electron chi connectivity index (χ1n) is 7.26. The molecule has 108 valence electrons. The van der Waals surface area contributed by atoms with Gasteiger partial charge in [-0.15, -0.1) is 0 Å². The lowest BCUT2D eigenvalue weighted by atomic mass is 9.89. The second kappa shape index (κ2) is 5.49. The van der Waals surface area contributed by atoms with Gasteiger partial charge < -0.3 is 15.1 Å². The highest BCUT2D eigenvalue weighted by Crippen LogP contribution is 2.26. The molecular formula is C14H25N3O2. The molecule has 5 heteroatoms. The van der Waals surface area contributed by atoms with Crippen LogP contribution in [0.25, 0.3) is 0 Å². The van der Waals surface area contributed by atoms with Crippen molar-refractivity contribution in [3.8, 4) is 0 Å². The van der Waals surface area contributed by atoms with Crippen LogP contribution in [0.2, 0.25) is 0 Å². The van der Waals surface area contributed by atoms with Crippen molar-refractivity contribution in [1.82, 2.24) is 15.1 Å². The molecule has 2 amide bonds. The number of hydrogen-bond donors (Lipinski definition) is 1. The molecule has 4 unspecified atom stereocenters. The molecule has 0 spiro atoms. The van der Waals surface area contributed by atoms with Gasteiger partial charge in [-0.05, 0) is 39.3 Å². The molecule has 2 aliphatic rings. The molecule has 19 heavy (non-hydrogen) atoms. The summed E-state index contributed by atoms with van der Waals surface area (Å²) >= 11 is 0. The van der Waals surface area contributed by atoms with Gasteiger partial charge in [0.1, 0.15) is 12.1 Å². The van der Waals surface area contributed by atoms with Gasteiger partial charge in [0.25, 0.3) is 0 Å². The van der Waals surface area contributed by atoms with Gasteiger partial charge >= 0.3 is 0 Å². The van der Waals surface area contributed by atoms with E-state index < -0.39 is 0 Å². The first-order chi connectivity index (χ1) is 8.95. The molecule has 0 bridgehead atoms. The maximum absolute atomic E-state index is 12.5. The lowest BCUT2D eigenvalue weighted by molar-refractivity contribution is -0.154. The largest absolute Gasteiger partial charge is 0.343 e. The van der Waals surface area contributed by atoms with Crippen molar-refractivity contribution < 1.29 is 9.59 Å². The summed E-state index contributed by atoms with van der Waals surface area (Å²) in [5.74, 6) is 0.488. The minimum atomic E-state index is -0.342. The Kier molecular flexibility index (Phi) is 4.13. The summed E-state index contributed by atoms with van der Waals surface area (Å²) < 4.78 is 0. The molecule has 4 atom stereocenters. The third kappa shape index (κ3) is 2.61. The van der Waals surface area contributed by atoms with E-state index >= 15 is 0 Å². The molecule has 2 heterocycles. The SMILES string of the molecule is CCC1NC(=O)C(C)N(C2CCN(C)CC2C)C1=O. The summed E-state index contributed by atoms with van der Waals surface area (Å²) in [4.78, 5) is 28.7. The number of nitrogens with one attached hydrogen (secondary N) is 1. The Morgan fingerprint density at radius 2 is 2.00 bits per heavy atom. The predicted molar refractivity (Wildman–Crippen MR) is 73.6 cm³/mol. The van der Waals surface area contributed by atoms with Gasteiger partial charge in [0.15, 0.2) is 0 Å². The summed E-state index contributed by atoms with van der Waals surface area (Å²) in [5.41, 5.74) is 0. The van der Waals surface area contributed by atoms with Crippen molar-refractivity contribution in [3.63, 3.8) is 0 Å². The second-order valence-electron chi connectivity index (χ2n) is 5.99. The highest BCUT2D eigenvalue weighted by molar-refractivity contribution is 5.96. The molecule has 0 saturated carbocycles. The number of likely N-dealkylation sites (tertiary alicyclic amines) is 1. The number of carbonyl (C=O) groups excluding carboxylic acids is 2. The Bertz CT molecular complexity index is 372. The third-order valence-electron chi connectivity index (χ3n) is 4.49. The Morgan fingerprint density at radius 3 is 2.58 bits per heavy atom. The van der Waals surface area contributed by atoms with Crippen LogP contribution in [0.3, 0.4) is 0 Å². The van der Waals surface area contributed by atoms with E-state index in [9.17, 15) is 9.59 Å². The zero-order valence-electron chi connectivity index (χ0n) is 12.3. The van der Waals surface area contributed by atoms with Crippen molar-refractivity contribution in [2.24, 2.45) is 5.92 Å². The number of piperidine rings is 1. The smallest absolute Gasteiger partial charge is 0.246 e. The van der Waals surface area contributed by atoms with Crippen LogP contribution in [0, 0.1) is 5.92 Å². The van der Waals surface area contributed by atoms with E-state index in [-0.39, 0.29) is 29.9 Å². The van der Waals surface area contributed by atoms with Crippen LogP contribution in [0.4, 0.5) is 0 Å². The minimum Gasteiger partial charge on any atom is -0.343 e. The molecule has 0 aromatic rings. The van der Waals surface area contributed by atoms with Crippen LogP contribution in [0.5, 0.6) is 0 Å². The van der Waals surface area contributed by atoms with Gasteiger partial charge in [-0.3, -0.25) is 9.59 Å². The van der Waals surface area contributed by atoms with Crippen LogP contribution in [-0.2, 0) is 9.59 Å². The summed E-state index contributed by atoms with van der Waals surface area (Å²) in [6.45, 7) is 7.93. The fourth-order valence-electron chi connectivity index (χ4n) is 3.33. The quantitative estimate of drug-likeness (QED) is 0.790.